The molecule has 0 unspecified atom stereocenters. The van der Waals surface area contributed by atoms with Crippen molar-refractivity contribution in [2.24, 2.45) is 0 Å². The van der Waals surface area contributed by atoms with Crippen molar-refractivity contribution in [1.82, 2.24) is 53.2 Å². The topological polar surface area (TPSA) is 110 Å². The van der Waals surface area contributed by atoms with E-state index in [2.05, 4.69) is 291 Å². The van der Waals surface area contributed by atoms with Crippen LogP contribution in [0, 0.1) is 0 Å². The summed E-state index contributed by atoms with van der Waals surface area (Å²) in [5, 5.41) is 7.15. The molecule has 14 aromatic carbocycles. The van der Waals surface area contributed by atoms with Crippen molar-refractivity contribution in [2.45, 2.75) is 0 Å². The van der Waals surface area contributed by atoms with E-state index >= 15 is 0 Å². The summed E-state index contributed by atoms with van der Waals surface area (Å²) in [6.45, 7) is 0. The summed E-state index contributed by atoms with van der Waals surface area (Å²) >= 11 is 0. The summed E-state index contributed by atoms with van der Waals surface area (Å²) < 4.78 is 9.30. The number of pyridine rings is 2. The summed E-state index contributed by atoms with van der Waals surface area (Å²) in [6, 6.07) is 134. The van der Waals surface area contributed by atoms with Gasteiger partial charge in [0.2, 0.25) is 0 Å². The van der Waals surface area contributed by atoms with Gasteiger partial charge in [-0.15, -0.1) is 0 Å². The lowest BCUT2D eigenvalue weighted by atomic mass is 10.0. The fraction of sp³-hybridized carbons (Fsp3) is 0. The molecule has 0 aliphatic rings. The highest BCUT2D eigenvalue weighted by atomic mass is 15.0. The van der Waals surface area contributed by atoms with Crippen molar-refractivity contribution >= 4 is 87.5 Å². The second-order valence-electron chi connectivity index (χ2n) is 28.0. The Morgan fingerprint density at radius 1 is 0.161 bits per heavy atom. The van der Waals surface area contributed by atoms with Gasteiger partial charge < -0.3 is 18.3 Å². The monoisotopic (exact) mass is 1430 g/mol. The highest BCUT2D eigenvalue weighted by molar-refractivity contribution is 6.14. The molecule has 11 nitrogen and oxygen atoms in total. The molecule has 0 amide bonds. The van der Waals surface area contributed by atoms with Gasteiger partial charge in [-0.25, -0.2) is 24.9 Å². The lowest BCUT2D eigenvalue weighted by molar-refractivity contribution is 1.07. The zero-order valence-electron chi connectivity index (χ0n) is 60.4. The largest absolute Gasteiger partial charge is 0.309 e. The zero-order valence-corrected chi connectivity index (χ0v) is 60.4. The molecule has 0 radical (unpaired) electrons. The van der Waals surface area contributed by atoms with E-state index in [0.717, 1.165) is 123 Å². The maximum Gasteiger partial charge on any atom is 0.164 e. The van der Waals surface area contributed by atoms with Gasteiger partial charge in [0.05, 0.1) is 66.6 Å². The van der Waals surface area contributed by atoms with E-state index < -0.39 is 0 Å². The van der Waals surface area contributed by atoms with Crippen LogP contribution < -0.4 is 0 Å². The van der Waals surface area contributed by atoms with E-state index in [-0.39, 0.29) is 0 Å². The van der Waals surface area contributed by atoms with Crippen LogP contribution in [-0.2, 0) is 0 Å². The van der Waals surface area contributed by atoms with Crippen molar-refractivity contribution in [3.8, 4) is 113 Å². The predicted molar refractivity (Wildman–Crippen MR) is 458 cm³/mol. The number of aromatic nitrogens is 11. The van der Waals surface area contributed by atoms with E-state index in [1.165, 1.54) is 54.7 Å². The van der Waals surface area contributed by atoms with Crippen molar-refractivity contribution in [2.75, 3.05) is 0 Å². The minimum Gasteiger partial charge on any atom is -0.309 e. The van der Waals surface area contributed by atoms with Gasteiger partial charge in [0, 0.05) is 101 Å². The second kappa shape index (κ2) is 27.5. The maximum absolute atomic E-state index is 5.05. The number of hydrogen-bond acceptors (Lipinski definition) is 7. The van der Waals surface area contributed by atoms with Gasteiger partial charge in [-0.3, -0.25) is 9.97 Å². The van der Waals surface area contributed by atoms with E-state index in [1.54, 1.807) is 0 Å². The lowest BCUT2D eigenvalue weighted by Gasteiger charge is -2.11. The second-order valence-corrected chi connectivity index (χ2v) is 28.0. The number of hydrogen-bond donors (Lipinski definition) is 0. The molecule has 0 bridgehead atoms. The maximum atomic E-state index is 5.05. The fourth-order valence-electron chi connectivity index (χ4n) is 16.1. The highest BCUT2D eigenvalue weighted by Crippen LogP contribution is 2.42. The Bertz CT molecular complexity index is 6770. The Hall–Kier alpha value is -15.3. The average molecular weight is 1430 g/mol. The molecule has 112 heavy (non-hydrogen) atoms. The minimum atomic E-state index is 0.627. The molecule has 8 aromatic heterocycles. The highest BCUT2D eigenvalue weighted by Gasteiger charge is 2.22. The molecule has 8 heterocycles. The van der Waals surface area contributed by atoms with Crippen molar-refractivity contribution < 1.29 is 0 Å². The molecule has 0 spiro atoms. The van der Waals surface area contributed by atoms with Gasteiger partial charge >= 0.3 is 0 Å². The van der Waals surface area contributed by atoms with Crippen molar-refractivity contribution in [3.63, 3.8) is 0 Å². The van der Waals surface area contributed by atoms with Gasteiger partial charge in [0.15, 0.2) is 23.3 Å². The predicted octanol–water partition coefficient (Wildman–Crippen LogP) is 24.9. The van der Waals surface area contributed by atoms with Crippen molar-refractivity contribution in [1.29, 1.82) is 0 Å². The van der Waals surface area contributed by atoms with Crippen LogP contribution in [0.1, 0.15) is 0 Å². The number of para-hydroxylation sites is 4. The number of benzene rings is 14. The smallest absolute Gasteiger partial charge is 0.164 e. The summed E-state index contributed by atoms with van der Waals surface area (Å²) in [7, 11) is 0. The first-order chi connectivity index (χ1) is 55.5. The van der Waals surface area contributed by atoms with E-state index in [4.69, 9.17) is 34.9 Å². The first-order valence-electron chi connectivity index (χ1n) is 37.6. The van der Waals surface area contributed by atoms with Gasteiger partial charge in [-0.2, -0.15) is 0 Å². The first kappa shape index (κ1) is 65.0. The van der Waals surface area contributed by atoms with Crippen LogP contribution in [0.3, 0.4) is 0 Å². The third-order valence-electron chi connectivity index (χ3n) is 21.4. The van der Waals surface area contributed by atoms with Crippen LogP contribution in [0.15, 0.2) is 395 Å². The zero-order chi connectivity index (χ0) is 74.0. The molecule has 0 N–H and O–H groups in total. The van der Waals surface area contributed by atoms with Crippen LogP contribution >= 0.6 is 0 Å². The molecule has 22 rings (SSSR count). The molecule has 0 fully saturated rings. The van der Waals surface area contributed by atoms with Crippen LogP contribution in [0.4, 0.5) is 0 Å². The summed E-state index contributed by atoms with van der Waals surface area (Å²) in [6.07, 6.45) is 3.76. The quantitative estimate of drug-likeness (QED) is 0.120. The summed E-state index contributed by atoms with van der Waals surface area (Å²) in [5.74, 6) is 2.60. The van der Waals surface area contributed by atoms with Gasteiger partial charge in [0.1, 0.15) is 0 Å². The lowest BCUT2D eigenvalue weighted by Crippen LogP contribution is -2.00. The van der Waals surface area contributed by atoms with E-state index in [9.17, 15) is 0 Å². The Morgan fingerprint density at radius 2 is 0.420 bits per heavy atom. The minimum absolute atomic E-state index is 0.627. The van der Waals surface area contributed by atoms with E-state index in [0.29, 0.717) is 23.3 Å². The molecule has 22 aromatic rings. The average Bonchev–Trinajstić information content (AvgIpc) is 1.61. The van der Waals surface area contributed by atoms with E-state index in [1.807, 2.05) is 122 Å². The Balaban J connectivity index is 0.000000141. The SMILES string of the molecule is c1ccc(-c2cc(-c3ccccc3)nc(-c3ccc(-n4c5ccc(-c6ccc7c(c6)c6ccccc6n7-c6ccccc6)cc5c5ncccc54)cc3)n2)cc1.c1ccc(-c2nc(-c3ccccc3)nc(-c3ccc(-n4c5ccc(-c6ccc7c(c6)c6ccccc6n7-c6ccccc6)cc5c5ncccc54)cc3)n2)cc1. The molecular formula is C101H65N11. The standard InChI is InChI=1S/C51H33N5.C50H32N6/c1-4-13-34(14-5-1)44-33-45(35-15-6-2-7-16-35)54-51(53-44)36-22-26-40(27-23-36)56-48-29-25-38(32-43(48)50-49(56)21-12-30-52-50)37-24-28-47-42(31-37)41-19-10-11-20-46(41)55(47)39-17-8-3-9-18-39;1-4-13-33(14-5-1)48-52-49(34-15-6-2-7-16-34)54-50(53-48)35-22-26-39(27-23-35)56-45-29-25-37(32-42(45)47-46(56)21-12-30-51-47)36-24-28-44-41(31-36)40-19-10-11-20-43(40)55(44)38-17-8-3-9-18-38/h1-33H;1-32H. The van der Waals surface area contributed by atoms with Gasteiger partial charge in [-0.05, 0) is 186 Å². The Morgan fingerprint density at radius 3 is 0.795 bits per heavy atom. The molecule has 11 heteroatoms. The number of fused-ring (bicyclic) bond motifs is 12. The van der Waals surface area contributed by atoms with Crippen molar-refractivity contribution in [3.05, 3.63) is 395 Å². The summed E-state index contributed by atoms with van der Waals surface area (Å²) in [5.41, 5.74) is 27.7. The fourth-order valence-corrected chi connectivity index (χ4v) is 16.1. The normalized spacial score (nSPS) is 11.6. The van der Waals surface area contributed by atoms with Gasteiger partial charge in [-0.1, -0.05) is 218 Å². The molecule has 0 aliphatic heterocycles. The van der Waals surface area contributed by atoms with Gasteiger partial charge in [0.25, 0.3) is 0 Å². The Labute approximate surface area is 644 Å². The first-order valence-corrected chi connectivity index (χ1v) is 37.6. The number of rotatable bonds is 12. The van der Waals surface area contributed by atoms with Crippen LogP contribution in [0.2, 0.25) is 0 Å². The molecule has 0 saturated carbocycles. The summed E-state index contributed by atoms with van der Waals surface area (Å²) in [4.78, 5) is 34.7. The van der Waals surface area contributed by atoms with Crippen LogP contribution in [-0.4, -0.2) is 53.2 Å². The third-order valence-corrected chi connectivity index (χ3v) is 21.4. The molecular weight excluding hydrogens is 1370 g/mol. The third kappa shape index (κ3) is 11.5. The Kier molecular flexibility index (Phi) is 15.9. The molecule has 524 valence electrons. The van der Waals surface area contributed by atoms with Crippen LogP contribution in [0.5, 0.6) is 0 Å². The number of nitrogens with zero attached hydrogens (tertiary/aromatic N) is 11. The molecule has 0 aliphatic carbocycles. The molecule has 0 saturated heterocycles. The van der Waals surface area contributed by atoms with Crippen LogP contribution in [0.25, 0.3) is 201 Å². The molecule has 0 atom stereocenters.